The van der Waals surface area contributed by atoms with E-state index < -0.39 is 0 Å². The lowest BCUT2D eigenvalue weighted by Gasteiger charge is -2.24. The molecule has 0 aliphatic rings. The van der Waals surface area contributed by atoms with E-state index in [0.717, 1.165) is 22.6 Å². The Balaban J connectivity index is 2.26. The van der Waals surface area contributed by atoms with Crippen LogP contribution in [0.25, 0.3) is 0 Å². The summed E-state index contributed by atoms with van der Waals surface area (Å²) in [6.45, 7) is 6.74. The highest BCUT2D eigenvalue weighted by atomic mass is 35.5. The van der Waals surface area contributed by atoms with E-state index >= 15 is 0 Å². The third-order valence-electron chi connectivity index (χ3n) is 4.14. The molecule has 1 nitrogen and oxygen atoms in total. The topological polar surface area (TPSA) is 26.0 Å². The maximum atomic E-state index is 6.32. The molecule has 2 aromatic carbocycles. The first-order valence-electron chi connectivity index (χ1n) is 7.05. The molecule has 0 saturated heterocycles. The summed E-state index contributed by atoms with van der Waals surface area (Å²) >= 11 is 6.02. The Kier molecular flexibility index (Phi) is 4.52. The molecule has 2 rings (SSSR count). The molecule has 0 radical (unpaired) electrons. The van der Waals surface area contributed by atoms with E-state index in [1.165, 1.54) is 5.56 Å². The van der Waals surface area contributed by atoms with Gasteiger partial charge in [0.05, 0.1) is 6.04 Å². The largest absolute Gasteiger partial charge is 0.320 e. The molecule has 106 valence electrons. The summed E-state index contributed by atoms with van der Waals surface area (Å²) in [4.78, 5) is 0. The van der Waals surface area contributed by atoms with Gasteiger partial charge >= 0.3 is 0 Å². The lowest BCUT2D eigenvalue weighted by atomic mass is 9.81. The lowest BCUT2D eigenvalue weighted by molar-refractivity contribution is 0.506. The third-order valence-corrected chi connectivity index (χ3v) is 4.38. The number of hydrogen-bond acceptors (Lipinski definition) is 1. The Bertz CT molecular complexity index is 572. The van der Waals surface area contributed by atoms with Crippen LogP contribution in [0.1, 0.15) is 49.9 Å². The monoisotopic (exact) mass is 287 g/mol. The average Bonchev–Trinajstić information content (AvgIpc) is 2.46. The second-order valence-electron chi connectivity index (χ2n) is 5.89. The fourth-order valence-electron chi connectivity index (χ4n) is 2.24. The zero-order chi connectivity index (χ0) is 14.8. The van der Waals surface area contributed by atoms with Crippen LogP contribution in [0.15, 0.2) is 48.5 Å². The molecule has 0 aliphatic heterocycles. The average molecular weight is 288 g/mol. The molecule has 2 N–H and O–H groups in total. The highest BCUT2D eigenvalue weighted by Crippen LogP contribution is 2.29. The predicted molar refractivity (Wildman–Crippen MR) is 87.2 cm³/mol. The van der Waals surface area contributed by atoms with E-state index in [2.05, 4.69) is 45.0 Å². The van der Waals surface area contributed by atoms with E-state index in [4.69, 9.17) is 17.3 Å². The Morgan fingerprint density at radius 2 is 1.70 bits per heavy atom. The Hall–Kier alpha value is -1.31. The normalized spacial score (nSPS) is 13.2. The van der Waals surface area contributed by atoms with E-state index in [1.54, 1.807) is 0 Å². The predicted octanol–water partition coefficient (Wildman–Crippen LogP) is 5.08. The van der Waals surface area contributed by atoms with Gasteiger partial charge in [-0.3, -0.25) is 0 Å². The van der Waals surface area contributed by atoms with Crippen molar-refractivity contribution in [2.75, 3.05) is 0 Å². The summed E-state index contributed by atoms with van der Waals surface area (Å²) in [5, 5.41) is 0.724. The van der Waals surface area contributed by atoms with Gasteiger partial charge in [0.15, 0.2) is 0 Å². The second kappa shape index (κ2) is 5.99. The van der Waals surface area contributed by atoms with Gasteiger partial charge in [-0.1, -0.05) is 68.8 Å². The number of rotatable bonds is 4. The van der Waals surface area contributed by atoms with Crippen molar-refractivity contribution < 1.29 is 0 Å². The highest BCUT2D eigenvalue weighted by molar-refractivity contribution is 6.30. The Morgan fingerprint density at radius 1 is 1.05 bits per heavy atom. The number of benzene rings is 2. The molecule has 2 aromatic rings. The van der Waals surface area contributed by atoms with Crippen molar-refractivity contribution in [1.82, 2.24) is 0 Å². The fraction of sp³-hybridized carbons (Fsp3) is 0.333. The van der Waals surface area contributed by atoms with E-state index in [-0.39, 0.29) is 11.5 Å². The summed E-state index contributed by atoms with van der Waals surface area (Å²) in [5.74, 6) is 0. The van der Waals surface area contributed by atoms with Gasteiger partial charge in [-0.25, -0.2) is 0 Å². The lowest BCUT2D eigenvalue weighted by Crippen LogP contribution is -2.16. The van der Waals surface area contributed by atoms with E-state index in [9.17, 15) is 0 Å². The van der Waals surface area contributed by atoms with Crippen LogP contribution in [0, 0.1) is 0 Å². The standard InChI is InChI=1S/C18H22ClN/c1-4-18(2,3)15-10-8-13(9-11-15)17(20)14-6-5-7-16(19)12-14/h5-12,17H,4,20H2,1-3H3. The minimum absolute atomic E-state index is 0.132. The van der Waals surface area contributed by atoms with Crippen molar-refractivity contribution in [2.45, 2.75) is 38.6 Å². The van der Waals surface area contributed by atoms with Crippen LogP contribution in [0.2, 0.25) is 5.02 Å². The van der Waals surface area contributed by atoms with Crippen molar-refractivity contribution >= 4 is 11.6 Å². The molecular weight excluding hydrogens is 266 g/mol. The van der Waals surface area contributed by atoms with Gasteiger partial charge < -0.3 is 5.73 Å². The van der Waals surface area contributed by atoms with Crippen molar-refractivity contribution in [3.8, 4) is 0 Å². The zero-order valence-corrected chi connectivity index (χ0v) is 13.1. The number of halogens is 1. The molecule has 0 bridgehead atoms. The van der Waals surface area contributed by atoms with Crippen LogP contribution in [0.4, 0.5) is 0 Å². The summed E-state index contributed by atoms with van der Waals surface area (Å²) in [5.41, 5.74) is 10.0. The molecule has 0 aromatic heterocycles. The molecule has 0 amide bonds. The number of nitrogens with two attached hydrogens (primary N) is 1. The van der Waals surface area contributed by atoms with Crippen LogP contribution in [0.5, 0.6) is 0 Å². The smallest absolute Gasteiger partial charge is 0.0552 e. The van der Waals surface area contributed by atoms with Crippen molar-refractivity contribution in [2.24, 2.45) is 5.73 Å². The van der Waals surface area contributed by atoms with Crippen molar-refractivity contribution in [3.05, 3.63) is 70.2 Å². The highest BCUT2D eigenvalue weighted by Gasteiger charge is 2.18. The van der Waals surface area contributed by atoms with Gasteiger partial charge in [0.25, 0.3) is 0 Å². The van der Waals surface area contributed by atoms with Gasteiger partial charge in [0, 0.05) is 5.02 Å². The summed E-state index contributed by atoms with van der Waals surface area (Å²) in [6, 6.07) is 16.2. The minimum atomic E-state index is -0.132. The van der Waals surface area contributed by atoms with Gasteiger partial charge in [0.1, 0.15) is 0 Å². The SMILES string of the molecule is CCC(C)(C)c1ccc(C(N)c2cccc(Cl)c2)cc1. The van der Waals surface area contributed by atoms with Crippen molar-refractivity contribution in [3.63, 3.8) is 0 Å². The summed E-state index contributed by atoms with van der Waals surface area (Å²) in [7, 11) is 0. The second-order valence-corrected chi connectivity index (χ2v) is 6.33. The molecule has 0 saturated carbocycles. The van der Waals surface area contributed by atoms with Crippen LogP contribution < -0.4 is 5.73 Å². The van der Waals surface area contributed by atoms with Gasteiger partial charge in [-0.05, 0) is 40.7 Å². The molecule has 0 aliphatic carbocycles. The van der Waals surface area contributed by atoms with Crippen LogP contribution in [-0.2, 0) is 5.41 Å². The maximum Gasteiger partial charge on any atom is 0.0552 e. The van der Waals surface area contributed by atoms with E-state index in [1.807, 2.05) is 24.3 Å². The maximum absolute atomic E-state index is 6.32. The zero-order valence-electron chi connectivity index (χ0n) is 12.4. The first-order chi connectivity index (χ1) is 9.44. The van der Waals surface area contributed by atoms with Crippen LogP contribution in [-0.4, -0.2) is 0 Å². The fourth-order valence-corrected chi connectivity index (χ4v) is 2.44. The third kappa shape index (κ3) is 3.23. The minimum Gasteiger partial charge on any atom is -0.320 e. The number of hydrogen-bond donors (Lipinski definition) is 1. The molecule has 0 fully saturated rings. The Labute approximate surface area is 126 Å². The molecule has 20 heavy (non-hydrogen) atoms. The van der Waals surface area contributed by atoms with Gasteiger partial charge in [0.2, 0.25) is 0 Å². The Morgan fingerprint density at radius 3 is 2.25 bits per heavy atom. The van der Waals surface area contributed by atoms with E-state index in [0.29, 0.717) is 0 Å². The molecule has 1 unspecified atom stereocenters. The molecule has 2 heteroatoms. The molecular formula is C18H22ClN. The van der Waals surface area contributed by atoms with Crippen LogP contribution >= 0.6 is 11.6 Å². The summed E-state index contributed by atoms with van der Waals surface area (Å²) in [6.07, 6.45) is 1.12. The first kappa shape index (κ1) is 15.1. The van der Waals surface area contributed by atoms with Crippen LogP contribution in [0.3, 0.4) is 0 Å². The van der Waals surface area contributed by atoms with Gasteiger partial charge in [-0.2, -0.15) is 0 Å². The summed E-state index contributed by atoms with van der Waals surface area (Å²) < 4.78 is 0. The molecule has 0 heterocycles. The molecule has 0 spiro atoms. The quantitative estimate of drug-likeness (QED) is 0.834. The molecule has 1 atom stereocenters. The first-order valence-corrected chi connectivity index (χ1v) is 7.43. The van der Waals surface area contributed by atoms with Crippen molar-refractivity contribution in [1.29, 1.82) is 0 Å². The van der Waals surface area contributed by atoms with Gasteiger partial charge in [-0.15, -0.1) is 0 Å².